The van der Waals surface area contributed by atoms with Crippen molar-refractivity contribution in [3.63, 3.8) is 0 Å². The molecule has 0 bridgehead atoms. The molecule has 0 unspecified atom stereocenters. The van der Waals surface area contributed by atoms with Crippen molar-refractivity contribution in [1.29, 1.82) is 0 Å². The second-order valence-corrected chi connectivity index (χ2v) is 4.18. The Hall–Kier alpha value is -0.270. The van der Waals surface area contributed by atoms with Crippen LogP contribution in [0.15, 0.2) is 6.07 Å². The van der Waals surface area contributed by atoms with E-state index in [0.29, 0.717) is 10.3 Å². The molecule has 1 aliphatic carbocycles. The van der Waals surface area contributed by atoms with Crippen molar-refractivity contribution in [2.24, 2.45) is 0 Å². The van der Waals surface area contributed by atoms with E-state index >= 15 is 0 Å². The van der Waals surface area contributed by atoms with Crippen molar-refractivity contribution in [1.82, 2.24) is 4.98 Å². The number of aryl methyl sites for hydroxylation is 1. The van der Waals surface area contributed by atoms with Crippen molar-refractivity contribution in [2.75, 3.05) is 0 Å². The fourth-order valence-electron chi connectivity index (χ4n) is 1.84. The average molecular weight is 216 g/mol. The van der Waals surface area contributed by atoms with Crippen LogP contribution in [-0.2, 0) is 12.8 Å². The summed E-state index contributed by atoms with van der Waals surface area (Å²) in [5, 5.41) is 1.12. The summed E-state index contributed by atoms with van der Waals surface area (Å²) < 4.78 is 0. The Morgan fingerprint density at radius 2 is 1.85 bits per heavy atom. The fraction of sp³-hybridized carbons (Fsp3) is 0.500. The van der Waals surface area contributed by atoms with Crippen molar-refractivity contribution < 1.29 is 0 Å². The number of hydrogen-bond donors (Lipinski definition) is 0. The SMILES string of the molecule is Clc1cc2c(c(Cl)n1)CCCCC2. The first-order valence-electron chi connectivity index (χ1n) is 4.61. The van der Waals surface area contributed by atoms with Gasteiger partial charge in [0, 0.05) is 0 Å². The smallest absolute Gasteiger partial charge is 0.134 e. The number of halogens is 2. The Bertz CT molecular complexity index is 323. The lowest BCUT2D eigenvalue weighted by atomic mass is 10.1. The first-order valence-corrected chi connectivity index (χ1v) is 5.37. The van der Waals surface area contributed by atoms with Gasteiger partial charge in [0.05, 0.1) is 0 Å². The normalized spacial score (nSPS) is 16.5. The summed E-state index contributed by atoms with van der Waals surface area (Å²) in [5.74, 6) is 0. The molecule has 0 N–H and O–H groups in total. The molecule has 1 nitrogen and oxygen atoms in total. The van der Waals surface area contributed by atoms with Gasteiger partial charge in [-0.05, 0) is 42.9 Å². The Morgan fingerprint density at radius 1 is 1.08 bits per heavy atom. The zero-order chi connectivity index (χ0) is 9.26. The van der Waals surface area contributed by atoms with E-state index in [0.717, 1.165) is 12.8 Å². The minimum absolute atomic E-state index is 0.519. The van der Waals surface area contributed by atoms with Crippen LogP contribution in [0.2, 0.25) is 10.3 Å². The lowest BCUT2D eigenvalue weighted by molar-refractivity contribution is 0.711. The highest BCUT2D eigenvalue weighted by atomic mass is 35.5. The molecule has 13 heavy (non-hydrogen) atoms. The first-order chi connectivity index (χ1) is 6.27. The van der Waals surface area contributed by atoms with Gasteiger partial charge in [-0.15, -0.1) is 0 Å². The lowest BCUT2D eigenvalue weighted by Gasteiger charge is -2.06. The summed E-state index contributed by atoms with van der Waals surface area (Å²) in [7, 11) is 0. The van der Waals surface area contributed by atoms with Crippen molar-refractivity contribution in [2.45, 2.75) is 32.1 Å². The van der Waals surface area contributed by atoms with Crippen LogP contribution in [0.1, 0.15) is 30.4 Å². The van der Waals surface area contributed by atoms with E-state index in [4.69, 9.17) is 23.2 Å². The van der Waals surface area contributed by atoms with Gasteiger partial charge < -0.3 is 0 Å². The van der Waals surface area contributed by atoms with Crippen LogP contribution in [0.25, 0.3) is 0 Å². The molecule has 0 atom stereocenters. The van der Waals surface area contributed by atoms with Crippen LogP contribution in [0.5, 0.6) is 0 Å². The van der Waals surface area contributed by atoms with Gasteiger partial charge in [-0.1, -0.05) is 29.6 Å². The van der Waals surface area contributed by atoms with Crippen molar-refractivity contribution in [3.05, 3.63) is 27.5 Å². The minimum Gasteiger partial charge on any atom is -0.224 e. The Balaban J connectivity index is 2.47. The third-order valence-electron chi connectivity index (χ3n) is 2.51. The van der Waals surface area contributed by atoms with Crippen molar-refractivity contribution >= 4 is 23.2 Å². The molecular formula is C10H11Cl2N. The van der Waals surface area contributed by atoms with Crippen LogP contribution in [-0.4, -0.2) is 4.98 Å². The highest BCUT2D eigenvalue weighted by Crippen LogP contribution is 2.27. The molecule has 2 rings (SSSR count). The minimum atomic E-state index is 0.519. The second-order valence-electron chi connectivity index (χ2n) is 3.43. The van der Waals surface area contributed by atoms with Gasteiger partial charge in [0.25, 0.3) is 0 Å². The quantitative estimate of drug-likeness (QED) is 0.476. The van der Waals surface area contributed by atoms with Gasteiger partial charge >= 0.3 is 0 Å². The Morgan fingerprint density at radius 3 is 2.69 bits per heavy atom. The van der Waals surface area contributed by atoms with Gasteiger partial charge in [0.1, 0.15) is 10.3 Å². The number of pyridine rings is 1. The van der Waals surface area contributed by atoms with E-state index in [1.165, 1.54) is 30.4 Å². The standard InChI is InChI=1S/C10H11Cl2N/c11-9-6-7-4-2-1-3-5-8(7)10(12)13-9/h6H,1-5H2. The molecule has 0 saturated heterocycles. The summed E-state index contributed by atoms with van der Waals surface area (Å²) in [4.78, 5) is 4.06. The number of nitrogens with zero attached hydrogens (tertiary/aromatic N) is 1. The highest BCUT2D eigenvalue weighted by Gasteiger charge is 2.12. The lowest BCUT2D eigenvalue weighted by Crippen LogP contribution is -1.94. The summed E-state index contributed by atoms with van der Waals surface area (Å²) in [6.07, 6.45) is 5.89. The molecule has 0 spiro atoms. The number of hydrogen-bond acceptors (Lipinski definition) is 1. The van der Waals surface area contributed by atoms with Gasteiger partial charge in [-0.3, -0.25) is 0 Å². The van der Waals surface area contributed by atoms with Gasteiger partial charge in [-0.25, -0.2) is 4.98 Å². The molecule has 0 aromatic carbocycles. The van der Waals surface area contributed by atoms with E-state index in [2.05, 4.69) is 4.98 Å². The van der Waals surface area contributed by atoms with Crippen LogP contribution in [0.4, 0.5) is 0 Å². The molecule has 1 aromatic rings. The highest BCUT2D eigenvalue weighted by molar-refractivity contribution is 6.33. The van der Waals surface area contributed by atoms with E-state index in [-0.39, 0.29) is 0 Å². The molecule has 0 aliphatic heterocycles. The topological polar surface area (TPSA) is 12.9 Å². The third kappa shape index (κ3) is 1.97. The van der Waals surface area contributed by atoms with Crippen LogP contribution in [0, 0.1) is 0 Å². The van der Waals surface area contributed by atoms with Crippen LogP contribution < -0.4 is 0 Å². The zero-order valence-electron chi connectivity index (χ0n) is 7.32. The third-order valence-corrected chi connectivity index (χ3v) is 3.01. The fourth-order valence-corrected chi connectivity index (χ4v) is 2.40. The molecule has 1 aliphatic rings. The molecule has 0 amide bonds. The number of aromatic nitrogens is 1. The molecule has 70 valence electrons. The van der Waals surface area contributed by atoms with Gasteiger partial charge in [0.15, 0.2) is 0 Å². The maximum Gasteiger partial charge on any atom is 0.134 e. The van der Waals surface area contributed by atoms with E-state index in [1.807, 2.05) is 6.07 Å². The monoisotopic (exact) mass is 215 g/mol. The van der Waals surface area contributed by atoms with E-state index < -0.39 is 0 Å². The maximum atomic E-state index is 6.02. The molecule has 1 heterocycles. The summed E-state index contributed by atoms with van der Waals surface area (Å²) in [5.41, 5.74) is 2.51. The number of fused-ring (bicyclic) bond motifs is 1. The molecule has 0 radical (unpaired) electrons. The predicted octanol–water partition coefficient (Wildman–Crippen LogP) is 3.66. The molecule has 3 heteroatoms. The summed E-state index contributed by atoms with van der Waals surface area (Å²) in [6.45, 7) is 0. The number of rotatable bonds is 0. The van der Waals surface area contributed by atoms with Crippen LogP contribution >= 0.6 is 23.2 Å². The van der Waals surface area contributed by atoms with Gasteiger partial charge in [-0.2, -0.15) is 0 Å². The average Bonchev–Trinajstić information content (AvgIpc) is 2.28. The summed E-state index contributed by atoms with van der Waals surface area (Å²) in [6, 6.07) is 1.95. The molecule has 0 saturated carbocycles. The molecule has 1 aromatic heterocycles. The molecule has 0 fully saturated rings. The van der Waals surface area contributed by atoms with E-state index in [9.17, 15) is 0 Å². The van der Waals surface area contributed by atoms with Gasteiger partial charge in [0.2, 0.25) is 0 Å². The largest absolute Gasteiger partial charge is 0.224 e. The molecular weight excluding hydrogens is 205 g/mol. The Kier molecular flexibility index (Phi) is 2.75. The van der Waals surface area contributed by atoms with Crippen LogP contribution in [0.3, 0.4) is 0 Å². The first kappa shape index (κ1) is 9.29. The maximum absolute atomic E-state index is 6.02. The predicted molar refractivity (Wildman–Crippen MR) is 55.5 cm³/mol. The zero-order valence-corrected chi connectivity index (χ0v) is 8.83. The summed E-state index contributed by atoms with van der Waals surface area (Å²) >= 11 is 11.9. The Labute approximate surface area is 88.1 Å². The second kappa shape index (κ2) is 3.85. The van der Waals surface area contributed by atoms with E-state index in [1.54, 1.807) is 0 Å². The van der Waals surface area contributed by atoms with Crippen molar-refractivity contribution in [3.8, 4) is 0 Å².